The summed E-state index contributed by atoms with van der Waals surface area (Å²) in [6.07, 6.45) is 0.613. The number of nitrogens with zero attached hydrogens (tertiary/aromatic N) is 3. The molecule has 0 atom stereocenters. The number of urea groups is 1. The van der Waals surface area contributed by atoms with Gasteiger partial charge in [0.2, 0.25) is 17.7 Å². The molecule has 0 radical (unpaired) electrons. The number of amides is 4. The highest BCUT2D eigenvalue weighted by Gasteiger charge is 2.23. The summed E-state index contributed by atoms with van der Waals surface area (Å²) in [4.78, 5) is 36.3. The number of carbonyl (C=O) groups excluding carboxylic acids is 3. The van der Waals surface area contributed by atoms with Crippen molar-refractivity contribution in [2.75, 3.05) is 24.2 Å². The largest absolute Gasteiger partial charge is 0.416 e. The quantitative estimate of drug-likeness (QED) is 0.631. The molecule has 12 heteroatoms. The van der Waals surface area contributed by atoms with Gasteiger partial charge in [0.05, 0.1) is 16.5 Å². The number of rotatable bonds is 7. The number of benzene rings is 1. The van der Waals surface area contributed by atoms with Gasteiger partial charge in [-0.05, 0) is 18.2 Å². The number of halogens is 2. The molecular formula is C16H15Cl2N5O4S. The SMILES string of the molecule is O=C1CCN(CCc2nnc(SCC(=O)Nc3cc(Cl)ccc3Cl)o2)C(=O)N1. The average molecular weight is 444 g/mol. The van der Waals surface area contributed by atoms with Gasteiger partial charge in [-0.25, -0.2) is 4.79 Å². The van der Waals surface area contributed by atoms with E-state index in [1.54, 1.807) is 18.2 Å². The summed E-state index contributed by atoms with van der Waals surface area (Å²) in [6.45, 7) is 0.700. The Balaban J connectivity index is 1.45. The summed E-state index contributed by atoms with van der Waals surface area (Å²) < 4.78 is 5.46. The van der Waals surface area contributed by atoms with E-state index in [9.17, 15) is 14.4 Å². The van der Waals surface area contributed by atoms with Gasteiger partial charge in [-0.2, -0.15) is 0 Å². The molecule has 2 N–H and O–H groups in total. The molecule has 28 heavy (non-hydrogen) atoms. The van der Waals surface area contributed by atoms with Crippen LogP contribution in [0.15, 0.2) is 27.8 Å². The van der Waals surface area contributed by atoms with Crippen molar-refractivity contribution in [3.63, 3.8) is 0 Å². The number of hydrogen-bond donors (Lipinski definition) is 2. The Kier molecular flexibility index (Phi) is 6.76. The van der Waals surface area contributed by atoms with E-state index in [1.165, 1.54) is 4.90 Å². The predicted octanol–water partition coefficient (Wildman–Crippen LogP) is 2.59. The predicted molar refractivity (Wildman–Crippen MR) is 104 cm³/mol. The number of anilines is 1. The Labute approximate surface area is 174 Å². The molecule has 1 saturated heterocycles. The number of aromatic nitrogens is 2. The first-order chi connectivity index (χ1) is 13.4. The van der Waals surface area contributed by atoms with Crippen LogP contribution in [-0.4, -0.2) is 51.8 Å². The lowest BCUT2D eigenvalue weighted by molar-refractivity contribution is -0.121. The number of nitrogens with one attached hydrogen (secondary N) is 2. The second kappa shape index (κ2) is 9.26. The van der Waals surface area contributed by atoms with Gasteiger partial charge < -0.3 is 14.6 Å². The zero-order valence-electron chi connectivity index (χ0n) is 14.4. The summed E-state index contributed by atoms with van der Waals surface area (Å²) in [5, 5.41) is 13.7. The van der Waals surface area contributed by atoms with Crippen molar-refractivity contribution in [1.29, 1.82) is 0 Å². The van der Waals surface area contributed by atoms with E-state index in [0.29, 0.717) is 41.1 Å². The molecule has 0 saturated carbocycles. The molecule has 1 aromatic carbocycles. The van der Waals surface area contributed by atoms with Crippen LogP contribution in [0.2, 0.25) is 10.0 Å². The Bertz CT molecular complexity index is 907. The number of carbonyl (C=O) groups is 3. The Morgan fingerprint density at radius 2 is 2.14 bits per heavy atom. The molecule has 148 valence electrons. The van der Waals surface area contributed by atoms with Crippen LogP contribution in [0, 0.1) is 0 Å². The zero-order valence-corrected chi connectivity index (χ0v) is 16.7. The Morgan fingerprint density at radius 1 is 1.32 bits per heavy atom. The third-order valence-electron chi connectivity index (χ3n) is 3.72. The van der Waals surface area contributed by atoms with E-state index in [2.05, 4.69) is 20.8 Å². The minimum atomic E-state index is -0.429. The first-order valence-electron chi connectivity index (χ1n) is 8.19. The molecule has 2 aromatic rings. The van der Waals surface area contributed by atoms with Crippen molar-refractivity contribution < 1.29 is 18.8 Å². The fraction of sp³-hybridized carbons (Fsp3) is 0.312. The van der Waals surface area contributed by atoms with Gasteiger partial charge in [-0.3, -0.25) is 14.9 Å². The van der Waals surface area contributed by atoms with Gasteiger partial charge in [-0.1, -0.05) is 35.0 Å². The van der Waals surface area contributed by atoms with Crippen molar-refractivity contribution in [2.24, 2.45) is 0 Å². The molecule has 0 aliphatic carbocycles. The molecule has 3 rings (SSSR count). The lowest BCUT2D eigenvalue weighted by Crippen LogP contribution is -2.49. The lowest BCUT2D eigenvalue weighted by atomic mass is 10.3. The fourth-order valence-electron chi connectivity index (χ4n) is 2.35. The topological polar surface area (TPSA) is 117 Å². The summed E-state index contributed by atoms with van der Waals surface area (Å²) in [6, 6.07) is 4.35. The molecule has 1 aliphatic heterocycles. The first-order valence-corrected chi connectivity index (χ1v) is 9.93. The first kappa shape index (κ1) is 20.4. The summed E-state index contributed by atoms with van der Waals surface area (Å²) >= 11 is 13.0. The van der Waals surface area contributed by atoms with Gasteiger partial charge in [0.1, 0.15) is 0 Å². The fourth-order valence-corrected chi connectivity index (χ4v) is 3.26. The van der Waals surface area contributed by atoms with E-state index in [0.717, 1.165) is 11.8 Å². The lowest BCUT2D eigenvalue weighted by Gasteiger charge is -2.25. The highest BCUT2D eigenvalue weighted by molar-refractivity contribution is 7.99. The van der Waals surface area contributed by atoms with Crippen LogP contribution in [-0.2, 0) is 16.0 Å². The van der Waals surface area contributed by atoms with Crippen LogP contribution < -0.4 is 10.6 Å². The van der Waals surface area contributed by atoms with Crippen molar-refractivity contribution in [3.05, 3.63) is 34.1 Å². The monoisotopic (exact) mass is 443 g/mol. The van der Waals surface area contributed by atoms with Gasteiger partial charge in [-0.15, -0.1) is 10.2 Å². The molecule has 4 amide bonds. The summed E-state index contributed by atoms with van der Waals surface area (Å²) in [5.41, 5.74) is 0.421. The van der Waals surface area contributed by atoms with Crippen LogP contribution >= 0.6 is 35.0 Å². The highest BCUT2D eigenvalue weighted by Crippen LogP contribution is 2.26. The summed E-state index contributed by atoms with van der Waals surface area (Å²) in [7, 11) is 0. The standard InChI is InChI=1S/C16H15Cl2N5O4S/c17-9-1-2-10(18)11(7-9)19-13(25)8-28-16-22-21-14(27-16)4-6-23-5-3-12(24)20-15(23)26/h1-2,7H,3-6,8H2,(H,19,25)(H,20,24,26). The van der Waals surface area contributed by atoms with E-state index in [-0.39, 0.29) is 29.2 Å². The van der Waals surface area contributed by atoms with Crippen molar-refractivity contribution >= 4 is 58.5 Å². The molecular weight excluding hydrogens is 429 g/mol. The van der Waals surface area contributed by atoms with Crippen LogP contribution in [0.25, 0.3) is 0 Å². The number of hydrogen-bond acceptors (Lipinski definition) is 7. The van der Waals surface area contributed by atoms with E-state index >= 15 is 0 Å². The Hall–Kier alpha value is -2.30. The van der Waals surface area contributed by atoms with Crippen molar-refractivity contribution in [3.8, 4) is 0 Å². The van der Waals surface area contributed by atoms with Gasteiger partial charge >= 0.3 is 6.03 Å². The minimum absolute atomic E-state index is 0.0428. The number of thioether (sulfide) groups is 1. The maximum atomic E-state index is 12.0. The van der Waals surface area contributed by atoms with Crippen molar-refractivity contribution in [2.45, 2.75) is 18.1 Å². The van der Waals surface area contributed by atoms with E-state index in [1.807, 2.05) is 0 Å². The van der Waals surface area contributed by atoms with Gasteiger partial charge in [0.15, 0.2) is 0 Å². The van der Waals surface area contributed by atoms with Crippen LogP contribution in [0.4, 0.5) is 10.5 Å². The smallest absolute Gasteiger partial charge is 0.324 e. The number of imide groups is 1. The molecule has 2 heterocycles. The second-order valence-corrected chi connectivity index (χ2v) is 7.53. The van der Waals surface area contributed by atoms with E-state index < -0.39 is 6.03 Å². The summed E-state index contributed by atoms with van der Waals surface area (Å²) in [5.74, 6) is -0.203. The highest BCUT2D eigenvalue weighted by atomic mass is 35.5. The molecule has 0 unspecified atom stereocenters. The third kappa shape index (κ3) is 5.60. The van der Waals surface area contributed by atoms with Crippen molar-refractivity contribution in [1.82, 2.24) is 20.4 Å². The van der Waals surface area contributed by atoms with Gasteiger partial charge in [0, 0.05) is 31.0 Å². The molecule has 1 fully saturated rings. The normalized spacial score (nSPS) is 14.1. The maximum absolute atomic E-state index is 12.0. The molecule has 9 nitrogen and oxygen atoms in total. The Morgan fingerprint density at radius 3 is 2.93 bits per heavy atom. The zero-order chi connectivity index (χ0) is 20.1. The van der Waals surface area contributed by atoms with Gasteiger partial charge in [0.25, 0.3) is 5.22 Å². The van der Waals surface area contributed by atoms with E-state index in [4.69, 9.17) is 27.6 Å². The molecule has 1 aliphatic rings. The average Bonchev–Trinajstić information content (AvgIpc) is 3.10. The molecule has 1 aromatic heterocycles. The maximum Gasteiger partial charge on any atom is 0.324 e. The van der Waals surface area contributed by atoms with Crippen LogP contribution in [0.5, 0.6) is 0 Å². The molecule has 0 bridgehead atoms. The van der Waals surface area contributed by atoms with Crippen LogP contribution in [0.3, 0.4) is 0 Å². The third-order valence-corrected chi connectivity index (χ3v) is 5.10. The second-order valence-electron chi connectivity index (χ2n) is 5.76. The van der Waals surface area contributed by atoms with Crippen LogP contribution in [0.1, 0.15) is 12.3 Å². The minimum Gasteiger partial charge on any atom is -0.416 e. The molecule has 0 spiro atoms.